The first-order valence-corrected chi connectivity index (χ1v) is 38.7. The number of aryl methyl sites for hydroxylation is 2. The number of aliphatic hydroxyl groups is 1. The molecule has 4 aromatic carbocycles. The van der Waals surface area contributed by atoms with Crippen LogP contribution in [0.2, 0.25) is 0 Å². The molecule has 0 unspecified atom stereocenters. The van der Waals surface area contributed by atoms with Crippen LogP contribution in [0, 0.1) is 29.5 Å². The number of anilines is 1. The van der Waals surface area contributed by atoms with E-state index in [1.807, 2.05) is 88.2 Å². The number of hydrogen-bond acceptors (Lipinski definition) is 17. The molecule has 7 aromatic rings. The van der Waals surface area contributed by atoms with E-state index in [9.17, 15) is 57.8 Å². The maximum atomic E-state index is 15.5. The summed E-state index contributed by atoms with van der Waals surface area (Å²) in [6.07, 6.45) is 6.49. The summed E-state index contributed by atoms with van der Waals surface area (Å²) in [5.74, 6) is -5.49. The van der Waals surface area contributed by atoms with E-state index in [2.05, 4.69) is 47.5 Å². The van der Waals surface area contributed by atoms with Crippen LogP contribution in [-0.2, 0) is 103 Å². The molecule has 3 aromatic heterocycles. The SMILES string of the molecule is CC[C@@]1(O)C(=O)OCc2c1cc1n(c2=O)Cc2c-1nc1cc(F)c(C)c3c1c2[C@@H](NC(=O)CNC(=O)CNC(=O)[C@H](Cc1ccccc1)NC(=O)CNC(=O)CNC(=O)CCC(C)(C)OCCC(C)(C)C(=O)N1CCC2(CCC(C(=O)NCCC(=O)N4Cc5ccccc5-c5nnn(C)c5-c5ccccc54)CC2)CC1)CC3. The van der Waals surface area contributed by atoms with Crippen LogP contribution in [0.15, 0.2) is 95.8 Å². The number of nitrogens with one attached hydrogen (secondary N) is 7. The number of fused-ring (bicyclic) bond motifs is 10. The lowest BCUT2D eigenvalue weighted by molar-refractivity contribution is -0.172. The van der Waals surface area contributed by atoms with Crippen LogP contribution in [0.4, 0.5) is 10.1 Å². The third-order valence-electron chi connectivity index (χ3n) is 23.5. The fourth-order valence-corrected chi connectivity index (χ4v) is 16.8. The number of carbonyl (C=O) groups is 10. The molecule has 1 spiro atoms. The third kappa shape index (κ3) is 16.6. The van der Waals surface area contributed by atoms with Gasteiger partial charge in [0.2, 0.25) is 53.2 Å². The first kappa shape index (κ1) is 79.0. The average molecular weight is 1530 g/mol. The number of halogens is 1. The van der Waals surface area contributed by atoms with E-state index in [-0.39, 0.29) is 97.7 Å². The Kier molecular flexibility index (Phi) is 23.1. The number of esters is 1. The summed E-state index contributed by atoms with van der Waals surface area (Å²) in [4.78, 5) is 157. The van der Waals surface area contributed by atoms with Gasteiger partial charge in [0.15, 0.2) is 5.60 Å². The highest BCUT2D eigenvalue weighted by Gasteiger charge is 2.47. The molecule has 29 heteroatoms. The number of nitrogens with zero attached hydrogens (tertiary/aromatic N) is 7. The zero-order valence-electron chi connectivity index (χ0n) is 64.3. The minimum atomic E-state index is -2.08. The van der Waals surface area contributed by atoms with E-state index >= 15 is 4.39 Å². The molecule has 590 valence electrons. The number of ether oxygens (including phenoxy) is 2. The number of pyridine rings is 2. The number of para-hydroxylation sites is 1. The maximum Gasteiger partial charge on any atom is 0.343 e. The summed E-state index contributed by atoms with van der Waals surface area (Å²) in [7, 11) is 1.85. The number of piperidine rings is 1. The summed E-state index contributed by atoms with van der Waals surface area (Å²) < 4.78 is 30.2. The summed E-state index contributed by atoms with van der Waals surface area (Å²) >= 11 is 0. The monoisotopic (exact) mass is 1530 g/mol. The van der Waals surface area contributed by atoms with Gasteiger partial charge in [-0.25, -0.2) is 18.9 Å². The quantitative estimate of drug-likeness (QED) is 0.0283. The highest BCUT2D eigenvalue weighted by molar-refractivity contribution is 6.01. The van der Waals surface area contributed by atoms with Gasteiger partial charge in [-0.3, -0.25) is 47.9 Å². The molecular weight excluding hydrogens is 1440 g/mol. The molecule has 1 saturated carbocycles. The molecule has 2 aliphatic carbocycles. The summed E-state index contributed by atoms with van der Waals surface area (Å²) in [5, 5.41) is 39.7. The van der Waals surface area contributed by atoms with Gasteiger partial charge >= 0.3 is 5.97 Å². The Bertz CT molecular complexity index is 4960. The lowest BCUT2D eigenvalue weighted by atomic mass is 9.65. The highest BCUT2D eigenvalue weighted by Crippen LogP contribution is 2.49. The first-order valence-electron chi connectivity index (χ1n) is 38.7. The van der Waals surface area contributed by atoms with Crippen molar-refractivity contribution in [3.8, 4) is 33.9 Å². The van der Waals surface area contributed by atoms with Crippen LogP contribution in [0.25, 0.3) is 44.8 Å². The van der Waals surface area contributed by atoms with E-state index < -0.39 is 108 Å². The van der Waals surface area contributed by atoms with Crippen molar-refractivity contribution in [2.45, 2.75) is 174 Å². The standard InChI is InChI=1S/C83H97FN14O14/c1-8-83(110)57-39-63-72-55(46-98(63)77(107)56(57)47-111-79(83)109)71-59(23-22-52-48(2)58(84)40-60(92-72)70(52)71)90-67(102)43-88-66(101)42-89-76(106)61(38-49-16-10-9-11-17-49)91-68(103)44-87-65(100)41-86-64(99)26-28-81(5,6)112-37-33-80(3,4)78(108)96-35-31-82(32-36-96)29-24-50(25-30-82)75(105)85-34-27-69(104)97-45-51-18-12-13-19-53(51)73-74(95(7)94-93-73)54-20-14-15-21-62(54)97/h9-21,39-40,50,59,61,110H,8,22-38,41-47H2,1-7H3,(H,85,105)(H,86,99)(H,87,100)(H,88,101)(H,89,106)(H,90,102)(H,91,103)/t59-,61-,83-/m0/s1. The topological polar surface area (TPSA) is 366 Å². The van der Waals surface area contributed by atoms with Crippen molar-refractivity contribution in [1.82, 2.24) is 66.7 Å². The van der Waals surface area contributed by atoms with Gasteiger partial charge in [0.05, 0.1) is 84.8 Å². The van der Waals surface area contributed by atoms with Crippen LogP contribution in [0.1, 0.15) is 162 Å². The van der Waals surface area contributed by atoms with Crippen LogP contribution in [0.5, 0.6) is 0 Å². The number of cyclic esters (lactones) is 1. The molecular formula is C83H97FN14O14. The zero-order chi connectivity index (χ0) is 79.6. The molecule has 9 amide bonds. The Morgan fingerprint density at radius 2 is 1.40 bits per heavy atom. The smallest absolute Gasteiger partial charge is 0.343 e. The van der Waals surface area contributed by atoms with E-state index in [0.717, 1.165) is 72.3 Å². The van der Waals surface area contributed by atoms with Crippen molar-refractivity contribution < 1.29 is 66.9 Å². The molecule has 0 bridgehead atoms. The minimum absolute atomic E-state index is 0.00633. The van der Waals surface area contributed by atoms with Crippen LogP contribution >= 0.6 is 0 Å². The molecule has 3 atom stereocenters. The van der Waals surface area contributed by atoms with Gasteiger partial charge in [-0.2, -0.15) is 0 Å². The fourth-order valence-electron chi connectivity index (χ4n) is 16.8. The average Bonchev–Trinajstić information content (AvgIpc) is 1.52. The minimum Gasteiger partial charge on any atom is -0.458 e. The largest absolute Gasteiger partial charge is 0.458 e. The van der Waals surface area contributed by atoms with Gasteiger partial charge in [-0.15, -0.1) is 5.10 Å². The molecule has 112 heavy (non-hydrogen) atoms. The molecule has 28 nitrogen and oxygen atoms in total. The van der Waals surface area contributed by atoms with Gasteiger partial charge < -0.3 is 66.2 Å². The van der Waals surface area contributed by atoms with Crippen molar-refractivity contribution in [2.24, 2.45) is 23.8 Å². The van der Waals surface area contributed by atoms with Crippen LogP contribution in [0.3, 0.4) is 0 Å². The summed E-state index contributed by atoms with van der Waals surface area (Å²) in [6, 6.07) is 25.4. The molecule has 4 aliphatic heterocycles. The Hall–Kier alpha value is -11.1. The molecule has 2 fully saturated rings. The predicted molar refractivity (Wildman–Crippen MR) is 411 cm³/mol. The lowest BCUT2D eigenvalue weighted by Gasteiger charge is -2.47. The van der Waals surface area contributed by atoms with Crippen LogP contribution in [-0.4, -0.2) is 158 Å². The Morgan fingerprint density at radius 3 is 2.13 bits per heavy atom. The summed E-state index contributed by atoms with van der Waals surface area (Å²) in [6.45, 7) is 10.5. The Morgan fingerprint density at radius 1 is 0.732 bits per heavy atom. The van der Waals surface area contributed by atoms with Gasteiger partial charge in [0, 0.05) is 97.6 Å². The molecule has 7 heterocycles. The van der Waals surface area contributed by atoms with Gasteiger partial charge in [-0.1, -0.05) is 98.8 Å². The maximum absolute atomic E-state index is 15.5. The van der Waals surface area contributed by atoms with Crippen molar-refractivity contribution in [3.63, 3.8) is 0 Å². The normalized spacial score (nSPS) is 17.7. The second-order valence-electron chi connectivity index (χ2n) is 31.7. The Balaban J connectivity index is 0.507. The van der Waals surface area contributed by atoms with E-state index in [1.165, 1.54) is 10.6 Å². The number of aromatic nitrogens is 5. The second kappa shape index (κ2) is 32.7. The predicted octanol–water partition coefficient (Wildman–Crippen LogP) is 6.13. The van der Waals surface area contributed by atoms with Crippen molar-refractivity contribution in [3.05, 3.63) is 152 Å². The number of benzene rings is 4. The zero-order valence-corrected chi connectivity index (χ0v) is 64.3. The van der Waals surface area contributed by atoms with Crippen molar-refractivity contribution in [2.75, 3.05) is 57.3 Å². The van der Waals surface area contributed by atoms with E-state index in [1.54, 1.807) is 59.8 Å². The van der Waals surface area contributed by atoms with E-state index in [0.29, 0.717) is 89.9 Å². The highest BCUT2D eigenvalue weighted by atomic mass is 19.1. The number of carbonyl (C=O) groups excluding carboxylic acids is 10. The number of amides is 9. The molecule has 0 radical (unpaired) electrons. The molecule has 1 saturated heterocycles. The van der Waals surface area contributed by atoms with E-state index in [4.69, 9.17) is 14.5 Å². The van der Waals surface area contributed by atoms with Crippen LogP contribution < -0.4 is 47.7 Å². The third-order valence-corrected chi connectivity index (χ3v) is 23.5. The fraction of sp³-hybridized carbons (Fsp3) is 0.470. The number of likely N-dealkylation sites (tertiary alicyclic amines) is 1. The van der Waals surface area contributed by atoms with Crippen molar-refractivity contribution in [1.29, 1.82) is 0 Å². The number of hydrogen-bond donors (Lipinski definition) is 8. The Labute approximate surface area is 647 Å². The second-order valence-corrected chi connectivity index (χ2v) is 31.7. The molecule has 13 rings (SSSR count). The first-order chi connectivity index (χ1) is 53.5. The molecule has 6 aliphatic rings. The van der Waals surface area contributed by atoms with Gasteiger partial charge in [0.25, 0.3) is 5.56 Å². The lowest BCUT2D eigenvalue weighted by Crippen LogP contribution is -2.52. The summed E-state index contributed by atoms with van der Waals surface area (Å²) in [5.41, 5.74) is 5.26. The van der Waals surface area contributed by atoms with Crippen molar-refractivity contribution >= 4 is 75.7 Å². The molecule has 8 N–H and O–H groups in total. The number of rotatable bonds is 26. The van der Waals surface area contributed by atoms with Gasteiger partial charge in [-0.05, 0) is 137 Å². The van der Waals surface area contributed by atoms with Gasteiger partial charge in [0.1, 0.15) is 24.2 Å².